The molecule has 0 radical (unpaired) electrons. The summed E-state index contributed by atoms with van der Waals surface area (Å²) in [5.74, 6) is 0.589. The zero-order valence-electron chi connectivity index (χ0n) is 13.6. The first-order valence-corrected chi connectivity index (χ1v) is 9.39. The first kappa shape index (κ1) is 17.0. The number of amides is 1. The summed E-state index contributed by atoms with van der Waals surface area (Å²) >= 11 is 6.90. The van der Waals surface area contributed by atoms with Crippen LogP contribution in [-0.4, -0.2) is 47.3 Å². The number of rotatable bonds is 1. The molecule has 0 spiro atoms. The van der Waals surface area contributed by atoms with Gasteiger partial charge >= 0.3 is 6.09 Å². The van der Waals surface area contributed by atoms with Crippen molar-refractivity contribution >= 4 is 43.6 Å². The minimum absolute atomic E-state index is 0.198. The second-order valence-corrected chi connectivity index (χ2v) is 8.77. The van der Waals surface area contributed by atoms with Crippen molar-refractivity contribution in [1.29, 1.82) is 0 Å². The number of carbonyl (C=O) groups excluding carboxylic acids is 1. The Morgan fingerprint density at radius 2 is 2.09 bits per heavy atom. The molecule has 2 atom stereocenters. The van der Waals surface area contributed by atoms with Crippen LogP contribution < -0.4 is 4.90 Å². The molecule has 5 nitrogen and oxygen atoms in total. The van der Waals surface area contributed by atoms with E-state index in [2.05, 4.69) is 47.8 Å². The number of piperidine rings is 1. The summed E-state index contributed by atoms with van der Waals surface area (Å²) in [5, 5.41) is 0. The number of aromatic nitrogens is 1. The summed E-state index contributed by atoms with van der Waals surface area (Å²) in [5.41, 5.74) is 0.631. The number of ether oxygens (including phenoxy) is 1. The minimum Gasteiger partial charge on any atom is -0.444 e. The van der Waals surface area contributed by atoms with Gasteiger partial charge in [-0.3, -0.25) is 0 Å². The second-order valence-electron chi connectivity index (χ2n) is 7.16. The van der Waals surface area contributed by atoms with Crippen LogP contribution in [0, 0.1) is 5.92 Å². The Labute approximate surface area is 153 Å². The highest BCUT2D eigenvalue weighted by atomic mass is 79.9. The van der Waals surface area contributed by atoms with E-state index in [0.29, 0.717) is 5.92 Å². The molecule has 0 bridgehead atoms. The third-order valence-corrected chi connectivity index (χ3v) is 6.10. The van der Waals surface area contributed by atoms with Gasteiger partial charge < -0.3 is 14.5 Å². The van der Waals surface area contributed by atoms with Crippen LogP contribution in [0.3, 0.4) is 0 Å². The maximum Gasteiger partial charge on any atom is 0.410 e. The summed E-state index contributed by atoms with van der Waals surface area (Å²) in [4.78, 5) is 20.8. The van der Waals surface area contributed by atoms with Crippen LogP contribution in [0.25, 0.3) is 0 Å². The number of halogens is 2. The molecular weight excluding hydrogens is 426 g/mol. The van der Waals surface area contributed by atoms with Crippen LogP contribution in [0.5, 0.6) is 0 Å². The number of hydrogen-bond acceptors (Lipinski definition) is 4. The zero-order valence-corrected chi connectivity index (χ0v) is 16.7. The molecule has 0 aliphatic carbocycles. The van der Waals surface area contributed by atoms with E-state index in [-0.39, 0.29) is 12.1 Å². The Hall–Kier alpha value is -0.820. The molecule has 2 fully saturated rings. The van der Waals surface area contributed by atoms with E-state index >= 15 is 0 Å². The first-order valence-electron chi connectivity index (χ1n) is 7.80. The van der Waals surface area contributed by atoms with Crippen molar-refractivity contribution in [3.8, 4) is 0 Å². The van der Waals surface area contributed by atoms with Crippen molar-refractivity contribution in [3.63, 3.8) is 0 Å². The van der Waals surface area contributed by atoms with Gasteiger partial charge in [0, 0.05) is 25.6 Å². The van der Waals surface area contributed by atoms with Crippen LogP contribution in [-0.2, 0) is 4.74 Å². The monoisotopic (exact) mass is 445 g/mol. The molecule has 2 aliphatic rings. The SMILES string of the molecule is CC(C)(C)OC(=O)N1C[C@H]2CCN(c3cnc(Br)c(Br)c3)C[C@H]21. The van der Waals surface area contributed by atoms with E-state index in [1.165, 1.54) is 0 Å². The predicted molar refractivity (Wildman–Crippen MR) is 96.7 cm³/mol. The smallest absolute Gasteiger partial charge is 0.410 e. The number of likely N-dealkylation sites (tertiary alicyclic amines) is 1. The molecule has 1 aromatic heterocycles. The van der Waals surface area contributed by atoms with Crippen molar-refractivity contribution in [1.82, 2.24) is 9.88 Å². The third kappa shape index (κ3) is 3.65. The third-order valence-electron chi connectivity index (χ3n) is 4.33. The second kappa shape index (κ2) is 6.24. The fourth-order valence-corrected chi connectivity index (χ4v) is 3.70. The van der Waals surface area contributed by atoms with Crippen LogP contribution in [0.2, 0.25) is 0 Å². The first-order chi connectivity index (χ1) is 10.7. The van der Waals surface area contributed by atoms with Gasteiger partial charge in [-0.05, 0) is 65.1 Å². The molecule has 0 unspecified atom stereocenters. The summed E-state index contributed by atoms with van der Waals surface area (Å²) < 4.78 is 7.25. The lowest BCUT2D eigenvalue weighted by Crippen LogP contribution is -2.66. The molecule has 0 saturated carbocycles. The average molecular weight is 447 g/mol. The van der Waals surface area contributed by atoms with Gasteiger partial charge in [0.2, 0.25) is 0 Å². The van der Waals surface area contributed by atoms with Crippen molar-refractivity contribution in [2.75, 3.05) is 24.5 Å². The fourth-order valence-electron chi connectivity index (χ4n) is 3.15. The van der Waals surface area contributed by atoms with E-state index < -0.39 is 5.60 Å². The molecule has 7 heteroatoms. The predicted octanol–water partition coefficient (Wildman–Crippen LogP) is 4.05. The molecule has 126 valence electrons. The molecule has 3 heterocycles. The summed E-state index contributed by atoms with van der Waals surface area (Å²) in [6.07, 6.45) is 2.76. The Bertz CT molecular complexity index is 618. The van der Waals surface area contributed by atoms with Gasteiger partial charge in [0.05, 0.1) is 22.4 Å². The summed E-state index contributed by atoms with van der Waals surface area (Å²) in [6, 6.07) is 2.30. The van der Waals surface area contributed by atoms with Crippen LogP contribution >= 0.6 is 31.9 Å². The number of pyridine rings is 1. The lowest BCUT2D eigenvalue weighted by molar-refractivity contribution is -0.0345. The molecule has 23 heavy (non-hydrogen) atoms. The van der Waals surface area contributed by atoms with Gasteiger partial charge in [-0.1, -0.05) is 0 Å². The van der Waals surface area contributed by atoms with Gasteiger partial charge in [-0.25, -0.2) is 9.78 Å². The topological polar surface area (TPSA) is 45.7 Å². The molecular formula is C16H21Br2N3O2. The average Bonchev–Trinajstić information content (AvgIpc) is 2.41. The lowest BCUT2D eigenvalue weighted by atomic mass is 9.82. The maximum atomic E-state index is 12.3. The van der Waals surface area contributed by atoms with Crippen LogP contribution in [0.15, 0.2) is 21.3 Å². The Kier molecular flexibility index (Phi) is 4.62. The van der Waals surface area contributed by atoms with E-state index in [4.69, 9.17) is 4.74 Å². The van der Waals surface area contributed by atoms with E-state index in [1.807, 2.05) is 31.9 Å². The minimum atomic E-state index is -0.447. The molecule has 2 saturated heterocycles. The quantitative estimate of drug-likeness (QED) is 0.610. The standard InChI is InChI=1S/C16H21Br2N3O2/c1-16(2,3)23-15(22)21-8-10-4-5-20(9-13(10)21)11-6-12(17)14(18)19-7-11/h6-7,10,13H,4-5,8-9H2,1-3H3/t10-,13-/m1/s1. The number of fused-ring (bicyclic) bond motifs is 1. The normalized spacial score (nSPS) is 24.0. The van der Waals surface area contributed by atoms with E-state index in [0.717, 1.165) is 40.8 Å². The number of nitrogens with zero attached hydrogens (tertiary/aromatic N) is 3. The van der Waals surface area contributed by atoms with Crippen molar-refractivity contribution in [2.24, 2.45) is 5.92 Å². The zero-order chi connectivity index (χ0) is 16.8. The van der Waals surface area contributed by atoms with Crippen molar-refractivity contribution < 1.29 is 9.53 Å². The van der Waals surface area contributed by atoms with Gasteiger partial charge in [0.15, 0.2) is 0 Å². The molecule has 0 aromatic carbocycles. The molecule has 0 N–H and O–H groups in total. The van der Waals surface area contributed by atoms with Crippen LogP contribution in [0.4, 0.5) is 10.5 Å². The van der Waals surface area contributed by atoms with E-state index in [9.17, 15) is 4.79 Å². The number of carbonyl (C=O) groups is 1. The Morgan fingerprint density at radius 1 is 1.35 bits per heavy atom. The molecule has 1 aromatic rings. The summed E-state index contributed by atoms with van der Waals surface area (Å²) in [6.45, 7) is 8.36. The highest BCUT2D eigenvalue weighted by Crippen LogP contribution is 2.36. The fraction of sp³-hybridized carbons (Fsp3) is 0.625. The molecule has 2 aliphatic heterocycles. The van der Waals surface area contributed by atoms with Crippen molar-refractivity contribution in [2.45, 2.75) is 38.8 Å². The molecule has 3 rings (SSSR count). The van der Waals surface area contributed by atoms with E-state index in [1.54, 1.807) is 0 Å². The van der Waals surface area contributed by atoms with Gasteiger partial charge in [0.25, 0.3) is 0 Å². The summed E-state index contributed by atoms with van der Waals surface area (Å²) in [7, 11) is 0. The number of hydrogen-bond donors (Lipinski definition) is 0. The number of anilines is 1. The van der Waals surface area contributed by atoms with Crippen LogP contribution in [0.1, 0.15) is 27.2 Å². The van der Waals surface area contributed by atoms with Gasteiger partial charge in [-0.2, -0.15) is 0 Å². The largest absolute Gasteiger partial charge is 0.444 e. The maximum absolute atomic E-state index is 12.3. The van der Waals surface area contributed by atoms with Crippen molar-refractivity contribution in [3.05, 3.63) is 21.3 Å². The van der Waals surface area contributed by atoms with Gasteiger partial charge in [0.1, 0.15) is 10.2 Å². The Morgan fingerprint density at radius 3 is 2.74 bits per heavy atom. The Balaban J connectivity index is 1.68. The highest BCUT2D eigenvalue weighted by molar-refractivity contribution is 9.13. The molecule has 1 amide bonds. The highest BCUT2D eigenvalue weighted by Gasteiger charge is 2.46. The van der Waals surface area contributed by atoms with Gasteiger partial charge in [-0.15, -0.1) is 0 Å². The lowest BCUT2D eigenvalue weighted by Gasteiger charge is -2.53.